The second-order valence-electron chi connectivity index (χ2n) is 2.24. The Morgan fingerprint density at radius 3 is 2.36 bits per heavy atom. The number of rotatable bonds is 4. The zero-order chi connectivity index (χ0) is 8.91. The molecule has 0 bridgehead atoms. The van der Waals surface area contributed by atoms with E-state index in [1.165, 1.54) is 0 Å². The first-order valence-electron chi connectivity index (χ1n) is 3.20. The maximum atomic E-state index is 11.5. The molecule has 0 heterocycles. The van der Waals surface area contributed by atoms with Gasteiger partial charge in [0, 0.05) is 10.5 Å². The first kappa shape index (κ1) is 11.5. The third-order valence-corrected chi connectivity index (χ3v) is 1.55. The Morgan fingerprint density at radius 1 is 1.45 bits per heavy atom. The molecule has 0 radical (unpaired) electrons. The Hall–Kier alpha value is 0.480. The van der Waals surface area contributed by atoms with Crippen LogP contribution in [-0.2, 0) is 4.74 Å². The van der Waals surface area contributed by atoms with Gasteiger partial charge >= 0.3 is 6.18 Å². The predicted molar refractivity (Wildman–Crippen MR) is 45.0 cm³/mol. The van der Waals surface area contributed by atoms with Crippen LogP contribution in [0.15, 0.2) is 0 Å². The number of hydrogen-bond acceptors (Lipinski definition) is 1. The molecule has 0 aliphatic heterocycles. The van der Waals surface area contributed by atoms with E-state index in [4.69, 9.17) is 0 Å². The van der Waals surface area contributed by atoms with Crippen molar-refractivity contribution in [3.05, 3.63) is 0 Å². The van der Waals surface area contributed by atoms with E-state index >= 15 is 0 Å². The minimum absolute atomic E-state index is 0.184. The van der Waals surface area contributed by atoms with Gasteiger partial charge in [-0.3, -0.25) is 0 Å². The van der Waals surface area contributed by atoms with Gasteiger partial charge in [-0.05, 0) is 6.42 Å². The molecule has 1 atom stereocenters. The molecular formula is C6H10F3IO. The van der Waals surface area contributed by atoms with E-state index in [-0.39, 0.29) is 6.61 Å². The van der Waals surface area contributed by atoms with Gasteiger partial charge in [-0.25, -0.2) is 0 Å². The molecule has 68 valence electrons. The second-order valence-corrected chi connectivity index (χ2v) is 4.36. The molecule has 0 aromatic rings. The number of hydrogen-bond donors (Lipinski definition) is 0. The van der Waals surface area contributed by atoms with Gasteiger partial charge in [0.05, 0.1) is 0 Å². The maximum absolute atomic E-state index is 11.5. The fourth-order valence-electron chi connectivity index (χ4n) is 0.434. The molecule has 0 amide bonds. The Kier molecular flexibility index (Phi) is 5.41. The van der Waals surface area contributed by atoms with Crippen molar-refractivity contribution in [1.29, 1.82) is 0 Å². The van der Waals surface area contributed by atoms with Gasteiger partial charge in [-0.2, -0.15) is 13.2 Å². The molecule has 0 saturated heterocycles. The molecule has 0 aromatic heterocycles. The van der Waals surface area contributed by atoms with Gasteiger partial charge in [-0.15, -0.1) is 0 Å². The summed E-state index contributed by atoms with van der Waals surface area (Å²) in [5, 5.41) is 0. The quantitative estimate of drug-likeness (QED) is 0.437. The molecule has 0 N–H and O–H groups in total. The molecular weight excluding hydrogens is 272 g/mol. The van der Waals surface area contributed by atoms with Crippen LogP contribution < -0.4 is 0 Å². The van der Waals surface area contributed by atoms with Crippen molar-refractivity contribution in [2.45, 2.75) is 23.4 Å². The normalized spacial score (nSPS) is 15.0. The van der Waals surface area contributed by atoms with E-state index in [9.17, 15) is 13.2 Å². The number of ether oxygens (including phenoxy) is 1. The second kappa shape index (κ2) is 5.18. The van der Waals surface area contributed by atoms with Gasteiger partial charge in [0.25, 0.3) is 0 Å². The van der Waals surface area contributed by atoms with Crippen LogP contribution in [0, 0.1) is 0 Å². The average molecular weight is 282 g/mol. The summed E-state index contributed by atoms with van der Waals surface area (Å²) in [6.07, 6.45) is -3.52. The molecule has 0 fully saturated rings. The fourth-order valence-corrected chi connectivity index (χ4v) is 0.688. The summed E-state index contributed by atoms with van der Waals surface area (Å²) in [6.45, 7) is 0.984. The highest BCUT2D eigenvalue weighted by molar-refractivity contribution is 14.1. The van der Waals surface area contributed by atoms with E-state index in [0.717, 1.165) is 0 Å². The lowest BCUT2D eigenvalue weighted by Crippen LogP contribution is -2.17. The van der Waals surface area contributed by atoms with E-state index in [0.29, 0.717) is 10.3 Å². The summed E-state index contributed by atoms with van der Waals surface area (Å²) >= 11 is 2.14. The number of alkyl halides is 4. The third-order valence-electron chi connectivity index (χ3n) is 0.926. The largest absolute Gasteiger partial charge is 0.411 e. The zero-order valence-corrected chi connectivity index (χ0v) is 8.28. The van der Waals surface area contributed by atoms with E-state index < -0.39 is 12.8 Å². The minimum atomic E-state index is -4.19. The summed E-state index contributed by atoms with van der Waals surface area (Å²) in [5.41, 5.74) is 0. The van der Waals surface area contributed by atoms with Gasteiger partial charge in [-0.1, -0.05) is 29.5 Å². The van der Waals surface area contributed by atoms with Crippen LogP contribution in [0.1, 0.15) is 13.3 Å². The summed E-state index contributed by atoms with van der Waals surface area (Å²) in [6, 6.07) is 0. The monoisotopic (exact) mass is 282 g/mol. The fraction of sp³-hybridized carbons (Fsp3) is 1.00. The molecule has 0 aliphatic carbocycles. The topological polar surface area (TPSA) is 9.23 Å². The van der Waals surface area contributed by atoms with Crippen molar-refractivity contribution in [3.8, 4) is 0 Å². The molecule has 1 nitrogen and oxygen atoms in total. The predicted octanol–water partition coefficient (Wildman–Crippen LogP) is 2.78. The van der Waals surface area contributed by atoms with Gasteiger partial charge in [0.2, 0.25) is 0 Å². The lowest BCUT2D eigenvalue weighted by Gasteiger charge is -2.07. The third kappa shape index (κ3) is 10.5. The van der Waals surface area contributed by atoms with Gasteiger partial charge < -0.3 is 4.74 Å². The molecule has 0 aromatic carbocycles. The van der Waals surface area contributed by atoms with Crippen LogP contribution in [0.3, 0.4) is 0 Å². The van der Waals surface area contributed by atoms with E-state index in [1.807, 2.05) is 6.92 Å². The lowest BCUT2D eigenvalue weighted by atomic mass is 10.4. The SMILES string of the molecule is CC(I)CCOCC(F)(F)F. The Morgan fingerprint density at radius 2 is 2.00 bits per heavy atom. The van der Waals surface area contributed by atoms with Crippen LogP contribution in [0.2, 0.25) is 0 Å². The summed E-state index contributed by atoms with van der Waals surface area (Å²) in [5.74, 6) is 0. The summed E-state index contributed by atoms with van der Waals surface area (Å²) in [7, 11) is 0. The zero-order valence-electron chi connectivity index (χ0n) is 6.12. The molecule has 0 saturated carbocycles. The first-order valence-corrected chi connectivity index (χ1v) is 4.45. The highest BCUT2D eigenvalue weighted by atomic mass is 127. The highest BCUT2D eigenvalue weighted by Crippen LogP contribution is 2.14. The van der Waals surface area contributed by atoms with Crippen molar-refractivity contribution in [2.24, 2.45) is 0 Å². The van der Waals surface area contributed by atoms with Crippen LogP contribution >= 0.6 is 22.6 Å². The van der Waals surface area contributed by atoms with Crippen LogP contribution in [-0.4, -0.2) is 23.3 Å². The van der Waals surface area contributed by atoms with Crippen molar-refractivity contribution in [2.75, 3.05) is 13.2 Å². The molecule has 1 unspecified atom stereocenters. The maximum Gasteiger partial charge on any atom is 0.411 e. The molecule has 5 heteroatoms. The minimum Gasteiger partial charge on any atom is -0.372 e. The van der Waals surface area contributed by atoms with Crippen LogP contribution in [0.25, 0.3) is 0 Å². The Balaban J connectivity index is 3.15. The van der Waals surface area contributed by atoms with Crippen molar-refractivity contribution in [3.63, 3.8) is 0 Å². The molecule has 0 aliphatic rings. The summed E-state index contributed by atoms with van der Waals surface area (Å²) in [4.78, 5) is 0. The lowest BCUT2D eigenvalue weighted by molar-refractivity contribution is -0.173. The average Bonchev–Trinajstić information content (AvgIpc) is 1.78. The van der Waals surface area contributed by atoms with E-state index in [2.05, 4.69) is 27.3 Å². The van der Waals surface area contributed by atoms with Crippen molar-refractivity contribution < 1.29 is 17.9 Å². The molecule has 0 rings (SSSR count). The highest BCUT2D eigenvalue weighted by Gasteiger charge is 2.27. The summed E-state index contributed by atoms with van der Waals surface area (Å²) < 4.78 is 39.1. The number of halogens is 4. The standard InChI is InChI=1S/C6H10F3IO/c1-5(10)2-3-11-4-6(7,8)9/h5H,2-4H2,1H3. The van der Waals surface area contributed by atoms with Gasteiger partial charge in [0.1, 0.15) is 6.61 Å². The van der Waals surface area contributed by atoms with Crippen LogP contribution in [0.5, 0.6) is 0 Å². The van der Waals surface area contributed by atoms with Crippen LogP contribution in [0.4, 0.5) is 13.2 Å². The van der Waals surface area contributed by atoms with E-state index in [1.54, 1.807) is 0 Å². The van der Waals surface area contributed by atoms with Gasteiger partial charge in [0.15, 0.2) is 0 Å². The molecule has 11 heavy (non-hydrogen) atoms. The first-order chi connectivity index (χ1) is 4.92. The Labute approximate surface area is 77.4 Å². The Bertz CT molecular complexity index is 102. The molecule has 0 spiro atoms. The van der Waals surface area contributed by atoms with Crippen molar-refractivity contribution in [1.82, 2.24) is 0 Å². The smallest absolute Gasteiger partial charge is 0.372 e. The van der Waals surface area contributed by atoms with Crippen molar-refractivity contribution >= 4 is 22.6 Å².